The van der Waals surface area contributed by atoms with Gasteiger partial charge in [0, 0.05) is 19.6 Å². The molecule has 2 radical (unpaired) electrons. The molecule has 17 heavy (non-hydrogen) atoms. The summed E-state index contributed by atoms with van der Waals surface area (Å²) >= 11 is 0. The predicted octanol–water partition coefficient (Wildman–Crippen LogP) is 0.430. The Kier molecular flexibility index (Phi) is 5.99. The number of hydrogen-bond donors (Lipinski definition) is 2. The topological polar surface area (TPSA) is 44.4 Å². The molecule has 1 aliphatic rings. The highest BCUT2D eigenvalue weighted by Crippen LogP contribution is 2.21. The van der Waals surface area contributed by atoms with Crippen LogP contribution >= 0.6 is 0 Å². The standard InChI is InChI=1S/C12H24BN3O/c1-3-4-5-8-14-11(17)12(15-13)6-9-16(2)10-7-12/h15H,3-10H2,1-2H3,(H,14,17). The number of nitrogens with one attached hydrogen (secondary N) is 2. The first-order chi connectivity index (χ1) is 8.14. The monoisotopic (exact) mass is 237 g/mol. The van der Waals surface area contributed by atoms with Crippen LogP contribution in [0.2, 0.25) is 0 Å². The van der Waals surface area contributed by atoms with Gasteiger partial charge in [0.2, 0.25) is 5.91 Å². The highest BCUT2D eigenvalue weighted by atomic mass is 16.2. The molecule has 1 fully saturated rings. The van der Waals surface area contributed by atoms with E-state index in [2.05, 4.69) is 29.4 Å². The first-order valence-electron chi connectivity index (χ1n) is 6.59. The van der Waals surface area contributed by atoms with Crippen molar-refractivity contribution in [3.05, 3.63) is 0 Å². The second-order valence-electron chi connectivity index (χ2n) is 4.99. The molecule has 5 heteroatoms. The van der Waals surface area contributed by atoms with Gasteiger partial charge in [-0.1, -0.05) is 19.8 Å². The zero-order valence-corrected chi connectivity index (χ0v) is 11.1. The van der Waals surface area contributed by atoms with Crippen molar-refractivity contribution in [3.63, 3.8) is 0 Å². The lowest BCUT2D eigenvalue weighted by Gasteiger charge is -2.39. The van der Waals surface area contributed by atoms with Gasteiger partial charge >= 0.3 is 0 Å². The normalized spacial score (nSPS) is 20.1. The van der Waals surface area contributed by atoms with Crippen LogP contribution in [-0.2, 0) is 4.79 Å². The van der Waals surface area contributed by atoms with Gasteiger partial charge in [0.05, 0.1) is 5.54 Å². The van der Waals surface area contributed by atoms with E-state index in [1.165, 1.54) is 6.42 Å². The van der Waals surface area contributed by atoms with Crippen molar-refractivity contribution in [1.29, 1.82) is 0 Å². The summed E-state index contributed by atoms with van der Waals surface area (Å²) in [4.78, 5) is 14.4. The molecule has 96 valence electrons. The van der Waals surface area contributed by atoms with Crippen LogP contribution in [0.5, 0.6) is 0 Å². The fraction of sp³-hybridized carbons (Fsp3) is 0.917. The highest BCUT2D eigenvalue weighted by Gasteiger charge is 2.38. The lowest BCUT2D eigenvalue weighted by atomic mass is 9.85. The first-order valence-corrected chi connectivity index (χ1v) is 6.59. The predicted molar refractivity (Wildman–Crippen MR) is 70.9 cm³/mol. The zero-order valence-electron chi connectivity index (χ0n) is 11.1. The summed E-state index contributed by atoms with van der Waals surface area (Å²) in [7, 11) is 7.65. The summed E-state index contributed by atoms with van der Waals surface area (Å²) in [6.07, 6.45) is 4.93. The zero-order chi connectivity index (χ0) is 12.7. The van der Waals surface area contributed by atoms with Crippen LogP contribution in [0, 0.1) is 0 Å². The van der Waals surface area contributed by atoms with Crippen LogP contribution in [0.15, 0.2) is 0 Å². The average Bonchev–Trinajstić information content (AvgIpc) is 2.36. The Morgan fingerprint density at radius 3 is 2.53 bits per heavy atom. The van der Waals surface area contributed by atoms with Crippen LogP contribution in [0.3, 0.4) is 0 Å². The van der Waals surface area contributed by atoms with Crippen molar-refractivity contribution < 1.29 is 4.79 Å². The average molecular weight is 237 g/mol. The second-order valence-corrected chi connectivity index (χ2v) is 4.99. The lowest BCUT2D eigenvalue weighted by molar-refractivity contribution is -0.128. The summed E-state index contributed by atoms with van der Waals surface area (Å²) in [5.74, 6) is 0.0594. The summed E-state index contributed by atoms with van der Waals surface area (Å²) in [6, 6.07) is 0. The number of hydrogen-bond acceptors (Lipinski definition) is 3. The van der Waals surface area contributed by atoms with Crippen molar-refractivity contribution >= 4 is 13.9 Å². The van der Waals surface area contributed by atoms with Gasteiger partial charge in [-0.25, -0.2) is 0 Å². The van der Waals surface area contributed by atoms with Crippen LogP contribution < -0.4 is 10.5 Å². The minimum absolute atomic E-state index is 0.0594. The van der Waals surface area contributed by atoms with E-state index >= 15 is 0 Å². The Labute approximate surface area is 106 Å². The Hall–Kier alpha value is -0.545. The minimum Gasteiger partial charge on any atom is -0.355 e. The van der Waals surface area contributed by atoms with Gasteiger partial charge in [-0.3, -0.25) is 4.79 Å². The summed E-state index contributed by atoms with van der Waals surface area (Å²) in [5, 5.41) is 5.73. The number of carbonyl (C=O) groups is 1. The maximum absolute atomic E-state index is 12.1. The summed E-state index contributed by atoms with van der Waals surface area (Å²) in [5.41, 5.74) is -0.557. The van der Waals surface area contributed by atoms with Crippen LogP contribution in [0.25, 0.3) is 0 Å². The molecule has 1 saturated heterocycles. The number of piperidine rings is 1. The second kappa shape index (κ2) is 7.02. The Balaban J connectivity index is 2.40. The molecule has 1 aliphatic heterocycles. The Bertz CT molecular complexity index is 240. The molecule has 0 aromatic rings. The molecule has 0 saturated carbocycles. The van der Waals surface area contributed by atoms with Crippen molar-refractivity contribution in [2.75, 3.05) is 26.7 Å². The number of unbranched alkanes of at least 4 members (excludes halogenated alkanes) is 2. The number of carbonyl (C=O) groups excluding carboxylic acids is 1. The third-order valence-corrected chi connectivity index (χ3v) is 3.62. The van der Waals surface area contributed by atoms with E-state index in [1.54, 1.807) is 0 Å². The molecule has 1 rings (SSSR count). The minimum atomic E-state index is -0.557. The quantitative estimate of drug-likeness (QED) is 0.520. The van der Waals surface area contributed by atoms with Gasteiger partial charge in [0.25, 0.3) is 0 Å². The first kappa shape index (κ1) is 14.5. The van der Waals surface area contributed by atoms with E-state index in [0.29, 0.717) is 0 Å². The number of amides is 1. The molecule has 2 N–H and O–H groups in total. The Morgan fingerprint density at radius 2 is 2.00 bits per heavy atom. The molecular formula is C12H24BN3O. The fourth-order valence-corrected chi connectivity index (χ4v) is 2.18. The maximum Gasteiger partial charge on any atom is 0.239 e. The van der Waals surface area contributed by atoms with Crippen molar-refractivity contribution in [2.24, 2.45) is 0 Å². The van der Waals surface area contributed by atoms with Gasteiger partial charge in [-0.15, -0.1) is 0 Å². The molecule has 0 atom stereocenters. The van der Waals surface area contributed by atoms with Crippen LogP contribution in [-0.4, -0.2) is 51.0 Å². The molecule has 0 unspecified atom stereocenters. The fourth-order valence-electron chi connectivity index (χ4n) is 2.18. The number of likely N-dealkylation sites (tertiary alicyclic amines) is 1. The maximum atomic E-state index is 12.1. The molecule has 0 aliphatic carbocycles. The number of rotatable bonds is 6. The molecule has 1 heterocycles. The molecule has 1 amide bonds. The summed E-state index contributed by atoms with van der Waals surface area (Å²) < 4.78 is 0. The van der Waals surface area contributed by atoms with E-state index in [1.807, 2.05) is 0 Å². The van der Waals surface area contributed by atoms with E-state index in [4.69, 9.17) is 7.98 Å². The van der Waals surface area contributed by atoms with Crippen LogP contribution in [0.1, 0.15) is 39.0 Å². The third kappa shape index (κ3) is 4.00. The smallest absolute Gasteiger partial charge is 0.239 e. The van der Waals surface area contributed by atoms with E-state index in [9.17, 15) is 4.79 Å². The number of nitrogens with zero attached hydrogens (tertiary/aromatic N) is 1. The van der Waals surface area contributed by atoms with Crippen molar-refractivity contribution in [1.82, 2.24) is 15.4 Å². The van der Waals surface area contributed by atoms with E-state index in [-0.39, 0.29) is 5.91 Å². The van der Waals surface area contributed by atoms with Gasteiger partial charge in [0.1, 0.15) is 0 Å². The van der Waals surface area contributed by atoms with E-state index < -0.39 is 5.54 Å². The third-order valence-electron chi connectivity index (χ3n) is 3.62. The Morgan fingerprint density at radius 1 is 1.35 bits per heavy atom. The molecule has 4 nitrogen and oxygen atoms in total. The van der Waals surface area contributed by atoms with Gasteiger partial charge in [-0.05, 0) is 26.3 Å². The molecule has 0 spiro atoms. The van der Waals surface area contributed by atoms with Gasteiger partial charge < -0.3 is 15.4 Å². The SMILES string of the molecule is [B]NC1(C(=O)NCCCCC)CCN(C)CC1. The van der Waals surface area contributed by atoms with E-state index in [0.717, 1.165) is 45.3 Å². The van der Waals surface area contributed by atoms with Crippen molar-refractivity contribution in [2.45, 2.75) is 44.6 Å². The molecule has 0 aromatic carbocycles. The summed E-state index contributed by atoms with van der Waals surface area (Å²) in [6.45, 7) is 4.73. The molecule has 0 bridgehead atoms. The van der Waals surface area contributed by atoms with Gasteiger partial charge in [-0.2, -0.15) is 0 Å². The largest absolute Gasteiger partial charge is 0.355 e. The lowest BCUT2D eigenvalue weighted by Crippen LogP contribution is -2.61. The van der Waals surface area contributed by atoms with Gasteiger partial charge in [0.15, 0.2) is 7.98 Å². The molecule has 0 aromatic heterocycles. The van der Waals surface area contributed by atoms with Crippen molar-refractivity contribution in [3.8, 4) is 0 Å². The van der Waals surface area contributed by atoms with Crippen LogP contribution in [0.4, 0.5) is 0 Å². The molecular weight excluding hydrogens is 213 g/mol. The highest BCUT2D eigenvalue weighted by molar-refractivity contribution is 6.08.